The minimum Gasteiger partial charge on any atom is -0.504 e. The van der Waals surface area contributed by atoms with Crippen molar-refractivity contribution < 1.29 is 14.6 Å². The minimum atomic E-state index is -0.318. The Morgan fingerprint density at radius 1 is 1.44 bits per heavy atom. The molecule has 1 saturated heterocycles. The van der Waals surface area contributed by atoms with Crippen molar-refractivity contribution in [1.29, 1.82) is 0 Å². The maximum atomic E-state index is 11.5. The number of aromatic hydroxyl groups is 1. The molecule has 18 heavy (non-hydrogen) atoms. The second-order valence-electron chi connectivity index (χ2n) is 3.59. The molecule has 3 N–H and O–H groups in total. The Kier molecular flexibility index (Phi) is 3.47. The predicted molar refractivity (Wildman–Crippen MR) is 71.1 cm³/mol. The van der Waals surface area contributed by atoms with Crippen LogP contribution in [-0.2, 0) is 4.79 Å². The first kappa shape index (κ1) is 12.4. The van der Waals surface area contributed by atoms with Crippen LogP contribution in [-0.4, -0.2) is 22.7 Å². The van der Waals surface area contributed by atoms with Gasteiger partial charge in [-0.2, -0.15) is 0 Å². The normalized spacial score (nSPS) is 16.6. The lowest BCUT2D eigenvalue weighted by molar-refractivity contribution is -0.115. The summed E-state index contributed by atoms with van der Waals surface area (Å²) in [5, 5.41) is 15.4. The van der Waals surface area contributed by atoms with Crippen LogP contribution in [0, 0.1) is 0 Å². The Morgan fingerprint density at radius 2 is 2.22 bits per heavy atom. The number of hydrogen-bond acceptors (Lipinski definition) is 4. The standard InChI is InChI=1S/C12H12N2O3S/c1-2-17-9-5-3-4-7(10(9)15)6-8-11(16)14-12(18)13-8/h3-6,15H,2H2,1H3,(H2,13,14,16,18). The molecule has 0 atom stereocenters. The Morgan fingerprint density at radius 3 is 2.83 bits per heavy atom. The van der Waals surface area contributed by atoms with Gasteiger partial charge in [0.1, 0.15) is 5.70 Å². The lowest BCUT2D eigenvalue weighted by Gasteiger charge is -2.07. The fraction of sp³-hybridized carbons (Fsp3) is 0.167. The van der Waals surface area contributed by atoms with Crippen LogP contribution in [0.2, 0.25) is 0 Å². The first-order valence-electron chi connectivity index (χ1n) is 5.40. The molecule has 1 amide bonds. The van der Waals surface area contributed by atoms with Crippen LogP contribution in [0.4, 0.5) is 0 Å². The number of hydrogen-bond donors (Lipinski definition) is 3. The van der Waals surface area contributed by atoms with Crippen LogP contribution in [0.3, 0.4) is 0 Å². The predicted octanol–water partition coefficient (Wildman–Crippen LogP) is 1.14. The summed E-state index contributed by atoms with van der Waals surface area (Å²) in [6.45, 7) is 2.28. The molecule has 1 aliphatic rings. The van der Waals surface area contributed by atoms with Crippen LogP contribution in [0.15, 0.2) is 23.9 Å². The zero-order chi connectivity index (χ0) is 13.1. The summed E-state index contributed by atoms with van der Waals surface area (Å²) in [5.41, 5.74) is 0.784. The molecule has 0 spiro atoms. The highest BCUT2D eigenvalue weighted by Gasteiger charge is 2.20. The quantitative estimate of drug-likeness (QED) is 0.564. The minimum absolute atomic E-state index is 0.000677. The van der Waals surface area contributed by atoms with Crippen molar-refractivity contribution in [2.45, 2.75) is 6.92 Å². The molecule has 0 unspecified atom stereocenters. The summed E-state index contributed by atoms with van der Waals surface area (Å²) in [5.74, 6) is 0.0633. The molecule has 0 saturated carbocycles. The van der Waals surface area contributed by atoms with E-state index < -0.39 is 0 Å². The number of para-hydroxylation sites is 1. The van der Waals surface area contributed by atoms with Gasteiger partial charge in [-0.25, -0.2) is 0 Å². The molecular formula is C12H12N2O3S. The topological polar surface area (TPSA) is 70.6 Å². The fourth-order valence-corrected chi connectivity index (χ4v) is 1.77. The number of phenols is 1. The molecule has 94 valence electrons. The number of thiocarbonyl (C=S) groups is 1. The lowest BCUT2D eigenvalue weighted by atomic mass is 10.1. The number of rotatable bonds is 3. The van der Waals surface area contributed by atoms with Gasteiger partial charge in [-0.05, 0) is 31.3 Å². The van der Waals surface area contributed by atoms with Gasteiger partial charge in [0.2, 0.25) is 0 Å². The summed E-state index contributed by atoms with van der Waals surface area (Å²) >= 11 is 4.82. The van der Waals surface area contributed by atoms with Crippen molar-refractivity contribution in [2.24, 2.45) is 0 Å². The molecule has 1 heterocycles. The van der Waals surface area contributed by atoms with E-state index in [0.717, 1.165) is 0 Å². The summed E-state index contributed by atoms with van der Waals surface area (Å²) in [7, 11) is 0. The number of benzene rings is 1. The molecule has 1 aliphatic heterocycles. The van der Waals surface area contributed by atoms with E-state index in [4.69, 9.17) is 17.0 Å². The molecule has 5 nitrogen and oxygen atoms in total. The van der Waals surface area contributed by atoms with Crippen molar-refractivity contribution in [3.63, 3.8) is 0 Å². The van der Waals surface area contributed by atoms with Gasteiger partial charge in [0, 0.05) is 5.56 Å². The summed E-state index contributed by atoms with van der Waals surface area (Å²) < 4.78 is 5.26. The van der Waals surface area contributed by atoms with Gasteiger partial charge in [-0.15, -0.1) is 0 Å². The van der Waals surface area contributed by atoms with E-state index >= 15 is 0 Å². The largest absolute Gasteiger partial charge is 0.504 e. The third kappa shape index (κ3) is 2.43. The van der Waals surface area contributed by atoms with Gasteiger partial charge in [0.25, 0.3) is 5.91 Å². The monoisotopic (exact) mass is 264 g/mol. The SMILES string of the molecule is CCOc1cccc(C=C2NC(=S)NC2=O)c1O. The van der Waals surface area contributed by atoms with Crippen molar-refractivity contribution in [3.05, 3.63) is 29.5 Å². The van der Waals surface area contributed by atoms with Crippen molar-refractivity contribution in [3.8, 4) is 11.5 Å². The third-order valence-corrected chi connectivity index (χ3v) is 2.55. The lowest BCUT2D eigenvalue weighted by Crippen LogP contribution is -2.21. The van der Waals surface area contributed by atoms with Gasteiger partial charge in [0.05, 0.1) is 6.61 Å². The zero-order valence-electron chi connectivity index (χ0n) is 9.69. The molecule has 6 heteroatoms. The number of ether oxygens (including phenoxy) is 1. The summed E-state index contributed by atoms with van der Waals surface area (Å²) in [6.07, 6.45) is 1.52. The van der Waals surface area contributed by atoms with E-state index in [1.807, 2.05) is 6.92 Å². The average Bonchev–Trinajstić information content (AvgIpc) is 2.63. The number of nitrogens with one attached hydrogen (secondary N) is 2. The van der Waals surface area contributed by atoms with E-state index in [2.05, 4.69) is 10.6 Å². The van der Waals surface area contributed by atoms with E-state index in [-0.39, 0.29) is 16.8 Å². The highest BCUT2D eigenvalue weighted by molar-refractivity contribution is 7.80. The van der Waals surface area contributed by atoms with Crippen LogP contribution in [0.1, 0.15) is 12.5 Å². The first-order valence-corrected chi connectivity index (χ1v) is 5.81. The molecule has 2 rings (SSSR count). The Hall–Kier alpha value is -2.08. The first-order chi connectivity index (χ1) is 8.61. The fourth-order valence-electron chi connectivity index (χ4n) is 1.57. The average molecular weight is 264 g/mol. The maximum Gasteiger partial charge on any atom is 0.273 e. The summed E-state index contributed by atoms with van der Waals surface area (Å²) in [4.78, 5) is 11.5. The molecule has 0 aromatic heterocycles. The van der Waals surface area contributed by atoms with Crippen molar-refractivity contribution in [2.75, 3.05) is 6.61 Å². The smallest absolute Gasteiger partial charge is 0.273 e. The Labute approximate surface area is 109 Å². The maximum absolute atomic E-state index is 11.5. The van der Waals surface area contributed by atoms with Gasteiger partial charge < -0.3 is 15.2 Å². The van der Waals surface area contributed by atoms with E-state index in [1.54, 1.807) is 18.2 Å². The van der Waals surface area contributed by atoms with E-state index in [1.165, 1.54) is 6.08 Å². The van der Waals surface area contributed by atoms with Crippen LogP contribution in [0.5, 0.6) is 11.5 Å². The zero-order valence-corrected chi connectivity index (χ0v) is 10.5. The molecular weight excluding hydrogens is 252 g/mol. The number of amides is 1. The number of carbonyl (C=O) groups is 1. The molecule has 1 aromatic rings. The van der Waals surface area contributed by atoms with Gasteiger partial charge in [-0.1, -0.05) is 12.1 Å². The van der Waals surface area contributed by atoms with Crippen molar-refractivity contribution >= 4 is 29.3 Å². The number of phenolic OH excluding ortho intramolecular Hbond substituents is 1. The molecule has 1 fully saturated rings. The second kappa shape index (κ2) is 5.05. The van der Waals surface area contributed by atoms with Crippen LogP contribution in [0.25, 0.3) is 6.08 Å². The van der Waals surface area contributed by atoms with Gasteiger partial charge in [0.15, 0.2) is 16.6 Å². The molecule has 1 aromatic carbocycles. The molecule has 0 radical (unpaired) electrons. The second-order valence-corrected chi connectivity index (χ2v) is 4.00. The van der Waals surface area contributed by atoms with Gasteiger partial charge >= 0.3 is 0 Å². The molecule has 0 bridgehead atoms. The van der Waals surface area contributed by atoms with Gasteiger partial charge in [-0.3, -0.25) is 10.1 Å². The van der Waals surface area contributed by atoms with Crippen LogP contribution < -0.4 is 15.4 Å². The Bertz CT molecular complexity index is 540. The Balaban J connectivity index is 2.35. The van der Waals surface area contributed by atoms with E-state index in [0.29, 0.717) is 23.6 Å². The third-order valence-electron chi connectivity index (χ3n) is 2.35. The highest BCUT2D eigenvalue weighted by atomic mass is 32.1. The number of carbonyl (C=O) groups excluding carboxylic acids is 1. The van der Waals surface area contributed by atoms with E-state index in [9.17, 15) is 9.90 Å². The summed E-state index contributed by atoms with van der Waals surface area (Å²) in [6, 6.07) is 5.08. The highest BCUT2D eigenvalue weighted by Crippen LogP contribution is 2.31. The van der Waals surface area contributed by atoms with Crippen molar-refractivity contribution in [1.82, 2.24) is 10.6 Å². The molecule has 0 aliphatic carbocycles. The van der Waals surface area contributed by atoms with Crippen LogP contribution >= 0.6 is 12.2 Å².